The molecule has 1 aromatic heterocycles. The van der Waals surface area contributed by atoms with Crippen LogP contribution in [-0.2, 0) is 17.9 Å². The fourth-order valence-corrected chi connectivity index (χ4v) is 3.28. The molecule has 3 aromatic carbocycles. The number of nitrogens with zero attached hydrogens (tertiary/aromatic N) is 3. The van der Waals surface area contributed by atoms with Crippen molar-refractivity contribution in [3.63, 3.8) is 0 Å². The van der Waals surface area contributed by atoms with E-state index in [-0.39, 0.29) is 6.61 Å². The van der Waals surface area contributed by atoms with Gasteiger partial charge in [0.05, 0.1) is 17.6 Å². The molecule has 0 aliphatic heterocycles. The molecule has 0 fully saturated rings. The minimum atomic E-state index is -0.413. The topological polar surface area (TPSA) is 57.0 Å². The van der Waals surface area contributed by atoms with Crippen molar-refractivity contribution in [3.05, 3.63) is 93.5 Å². The Morgan fingerprint density at radius 2 is 1.79 bits per heavy atom. The van der Waals surface area contributed by atoms with Crippen LogP contribution in [0.15, 0.2) is 66.7 Å². The Balaban J connectivity index is 1.41. The summed E-state index contributed by atoms with van der Waals surface area (Å²) in [5, 5.41) is 9.33. The number of aromatic nitrogens is 3. The molecule has 0 atom stereocenters. The highest BCUT2D eigenvalue weighted by molar-refractivity contribution is 6.35. The van der Waals surface area contributed by atoms with Crippen LogP contribution in [0, 0.1) is 0 Å². The van der Waals surface area contributed by atoms with Crippen LogP contribution >= 0.6 is 23.2 Å². The summed E-state index contributed by atoms with van der Waals surface area (Å²) in [4.78, 5) is 12.3. The molecule has 0 spiro atoms. The van der Waals surface area contributed by atoms with Crippen LogP contribution in [0.1, 0.15) is 21.5 Å². The molecule has 0 amide bonds. The molecule has 0 unspecified atom stereocenters. The van der Waals surface area contributed by atoms with Crippen LogP contribution in [-0.4, -0.2) is 21.0 Å². The lowest BCUT2D eigenvalue weighted by Crippen LogP contribution is -2.06. The molecule has 0 aliphatic carbocycles. The number of rotatable bonds is 5. The summed E-state index contributed by atoms with van der Waals surface area (Å²) < 4.78 is 7.17. The Morgan fingerprint density at radius 3 is 2.57 bits per heavy atom. The third-order valence-corrected chi connectivity index (χ3v) is 4.90. The Hall–Kier alpha value is -2.89. The van der Waals surface area contributed by atoms with Gasteiger partial charge >= 0.3 is 5.97 Å². The fraction of sp³-hybridized carbons (Fsp3) is 0.0952. The number of carbonyl (C=O) groups is 1. The van der Waals surface area contributed by atoms with Crippen LogP contribution in [0.25, 0.3) is 11.0 Å². The van der Waals surface area contributed by atoms with Gasteiger partial charge in [-0.25, -0.2) is 9.48 Å². The van der Waals surface area contributed by atoms with Crippen LogP contribution < -0.4 is 0 Å². The zero-order valence-electron chi connectivity index (χ0n) is 14.7. The number of esters is 1. The summed E-state index contributed by atoms with van der Waals surface area (Å²) in [5.41, 5.74) is 3.99. The monoisotopic (exact) mass is 411 g/mol. The average molecular weight is 412 g/mol. The molecular formula is C21H15Cl2N3O2. The van der Waals surface area contributed by atoms with E-state index in [1.54, 1.807) is 30.3 Å². The van der Waals surface area contributed by atoms with Crippen molar-refractivity contribution in [1.82, 2.24) is 15.0 Å². The summed E-state index contributed by atoms with van der Waals surface area (Å²) in [6, 6.07) is 20.1. The first kappa shape index (κ1) is 18.5. The van der Waals surface area contributed by atoms with Crippen molar-refractivity contribution in [2.75, 3.05) is 0 Å². The van der Waals surface area contributed by atoms with E-state index in [2.05, 4.69) is 10.3 Å². The minimum Gasteiger partial charge on any atom is -0.457 e. The molecule has 5 nitrogen and oxygen atoms in total. The minimum absolute atomic E-state index is 0.0849. The average Bonchev–Trinajstić information content (AvgIpc) is 3.11. The van der Waals surface area contributed by atoms with Gasteiger partial charge in [0, 0.05) is 15.6 Å². The third-order valence-electron chi connectivity index (χ3n) is 4.32. The molecule has 0 N–H and O–H groups in total. The number of para-hydroxylation sites is 1. The second-order valence-corrected chi connectivity index (χ2v) is 7.09. The molecule has 0 saturated heterocycles. The molecule has 28 heavy (non-hydrogen) atoms. The molecule has 140 valence electrons. The SMILES string of the molecule is O=C(OCc1ccc(Cl)cc1Cl)c1ccc(Cn2nnc3ccccc32)cc1. The summed E-state index contributed by atoms with van der Waals surface area (Å²) in [6.07, 6.45) is 0. The predicted molar refractivity (Wildman–Crippen MR) is 109 cm³/mol. The van der Waals surface area contributed by atoms with Crippen LogP contribution in [0.4, 0.5) is 0 Å². The number of carbonyl (C=O) groups excluding carboxylic acids is 1. The molecule has 4 aromatic rings. The summed E-state index contributed by atoms with van der Waals surface area (Å²) in [7, 11) is 0. The molecule has 0 aliphatic rings. The van der Waals surface area contributed by atoms with E-state index in [1.807, 2.05) is 41.1 Å². The molecular weight excluding hydrogens is 397 g/mol. The standard InChI is InChI=1S/C21H15Cl2N3O2/c22-17-10-9-16(18(23)11-17)13-28-21(27)15-7-5-14(6-8-15)12-26-20-4-2-1-3-19(20)24-25-26/h1-11H,12-13H2. The van der Waals surface area contributed by atoms with Crippen molar-refractivity contribution in [2.24, 2.45) is 0 Å². The van der Waals surface area contributed by atoms with E-state index in [0.29, 0.717) is 27.7 Å². The van der Waals surface area contributed by atoms with Gasteiger partial charge in [-0.1, -0.05) is 58.7 Å². The number of hydrogen-bond acceptors (Lipinski definition) is 4. The second-order valence-electron chi connectivity index (χ2n) is 6.24. The van der Waals surface area contributed by atoms with Crippen LogP contribution in [0.5, 0.6) is 0 Å². The zero-order valence-corrected chi connectivity index (χ0v) is 16.2. The van der Waals surface area contributed by atoms with Crippen LogP contribution in [0.3, 0.4) is 0 Å². The van der Waals surface area contributed by atoms with Crippen molar-refractivity contribution >= 4 is 40.2 Å². The fourth-order valence-electron chi connectivity index (χ4n) is 2.82. The first-order valence-corrected chi connectivity index (χ1v) is 9.34. The van der Waals surface area contributed by atoms with E-state index in [9.17, 15) is 4.79 Å². The van der Waals surface area contributed by atoms with Gasteiger partial charge in [-0.2, -0.15) is 0 Å². The van der Waals surface area contributed by atoms with Crippen molar-refractivity contribution in [2.45, 2.75) is 13.2 Å². The number of benzene rings is 3. The van der Waals surface area contributed by atoms with Gasteiger partial charge in [0.15, 0.2) is 0 Å². The Morgan fingerprint density at radius 1 is 1.00 bits per heavy atom. The molecule has 0 saturated carbocycles. The normalized spacial score (nSPS) is 10.9. The Kier molecular flexibility index (Phi) is 5.28. The van der Waals surface area contributed by atoms with Gasteiger partial charge in [0.1, 0.15) is 12.1 Å². The lowest BCUT2D eigenvalue weighted by atomic mass is 10.1. The molecule has 0 bridgehead atoms. The second kappa shape index (κ2) is 8.00. The van der Waals surface area contributed by atoms with Gasteiger partial charge in [-0.15, -0.1) is 5.10 Å². The predicted octanol–water partition coefficient (Wildman–Crippen LogP) is 5.14. The third kappa shape index (κ3) is 4.01. The van der Waals surface area contributed by atoms with E-state index >= 15 is 0 Å². The largest absolute Gasteiger partial charge is 0.457 e. The van der Waals surface area contributed by atoms with Gasteiger partial charge in [-0.3, -0.25) is 0 Å². The quantitative estimate of drug-likeness (QED) is 0.426. The van der Waals surface area contributed by atoms with Crippen molar-refractivity contribution in [1.29, 1.82) is 0 Å². The summed E-state index contributed by atoms with van der Waals surface area (Å²) >= 11 is 12.0. The number of ether oxygens (including phenoxy) is 1. The summed E-state index contributed by atoms with van der Waals surface area (Å²) in [6.45, 7) is 0.651. The highest BCUT2D eigenvalue weighted by Crippen LogP contribution is 2.22. The van der Waals surface area contributed by atoms with Gasteiger partial charge in [-0.05, 0) is 42.0 Å². The van der Waals surface area contributed by atoms with Gasteiger partial charge in [0.2, 0.25) is 0 Å². The highest BCUT2D eigenvalue weighted by Gasteiger charge is 2.10. The van der Waals surface area contributed by atoms with Crippen LogP contribution in [0.2, 0.25) is 10.0 Å². The van der Waals surface area contributed by atoms with E-state index in [4.69, 9.17) is 27.9 Å². The maximum atomic E-state index is 12.3. The maximum absolute atomic E-state index is 12.3. The first-order valence-electron chi connectivity index (χ1n) is 8.58. The zero-order chi connectivity index (χ0) is 19.5. The van der Waals surface area contributed by atoms with E-state index < -0.39 is 5.97 Å². The van der Waals surface area contributed by atoms with Gasteiger partial charge in [0.25, 0.3) is 0 Å². The summed E-state index contributed by atoms with van der Waals surface area (Å²) in [5.74, 6) is -0.413. The maximum Gasteiger partial charge on any atom is 0.338 e. The molecule has 0 radical (unpaired) electrons. The Labute approximate surface area is 171 Å². The van der Waals surface area contributed by atoms with Crippen molar-refractivity contribution in [3.8, 4) is 0 Å². The van der Waals surface area contributed by atoms with Gasteiger partial charge < -0.3 is 4.74 Å². The van der Waals surface area contributed by atoms with E-state index in [0.717, 1.165) is 16.6 Å². The molecule has 4 rings (SSSR count). The van der Waals surface area contributed by atoms with E-state index in [1.165, 1.54) is 0 Å². The Bertz CT molecular complexity index is 1140. The number of halogens is 2. The molecule has 7 heteroatoms. The smallest absolute Gasteiger partial charge is 0.338 e. The highest BCUT2D eigenvalue weighted by atomic mass is 35.5. The number of fused-ring (bicyclic) bond motifs is 1. The lowest BCUT2D eigenvalue weighted by Gasteiger charge is -2.08. The van der Waals surface area contributed by atoms with Crippen molar-refractivity contribution < 1.29 is 9.53 Å². The lowest BCUT2D eigenvalue weighted by molar-refractivity contribution is 0.0473. The first-order chi connectivity index (χ1) is 13.6. The number of hydrogen-bond donors (Lipinski definition) is 0. The molecule has 1 heterocycles.